The number of carbonyl (C=O) groups is 1. The highest BCUT2D eigenvalue weighted by atomic mass is 16.7. The summed E-state index contributed by atoms with van der Waals surface area (Å²) in [6.07, 6.45) is 11.8. The Kier molecular flexibility index (Phi) is 8.81. The summed E-state index contributed by atoms with van der Waals surface area (Å²) < 4.78 is 4.68. The zero-order valence-electron chi connectivity index (χ0n) is 18.0. The Balaban J connectivity index is 0.00000122. The SMILES string of the molecule is CC=CC(C)(C)C1C=CC(C(C)(C)c2ccc(OC(=O)O)cc2)=CC1.[B]CC. The number of benzene rings is 1. The average molecular weight is 380 g/mol. The molecule has 4 heteroatoms. The van der Waals surface area contributed by atoms with Crippen LogP contribution < -0.4 is 4.74 Å². The number of ether oxygens (including phenoxy) is 1. The minimum atomic E-state index is -1.29. The van der Waals surface area contributed by atoms with Gasteiger partial charge >= 0.3 is 6.16 Å². The molecule has 1 aromatic rings. The van der Waals surface area contributed by atoms with Crippen molar-refractivity contribution >= 4 is 14.0 Å². The molecule has 2 rings (SSSR count). The summed E-state index contributed by atoms with van der Waals surface area (Å²) >= 11 is 0. The van der Waals surface area contributed by atoms with E-state index >= 15 is 0 Å². The van der Waals surface area contributed by atoms with Gasteiger partial charge in [0.05, 0.1) is 7.85 Å². The molecule has 2 radical (unpaired) electrons. The lowest BCUT2D eigenvalue weighted by molar-refractivity contribution is 0.144. The third-order valence-electron chi connectivity index (χ3n) is 5.15. The molecule has 1 atom stereocenters. The van der Waals surface area contributed by atoms with Crippen molar-refractivity contribution in [3.8, 4) is 5.75 Å². The fourth-order valence-electron chi connectivity index (χ4n) is 3.40. The second kappa shape index (κ2) is 10.4. The third kappa shape index (κ3) is 6.44. The van der Waals surface area contributed by atoms with Crippen molar-refractivity contribution in [3.63, 3.8) is 0 Å². The summed E-state index contributed by atoms with van der Waals surface area (Å²) in [4.78, 5) is 10.6. The van der Waals surface area contributed by atoms with E-state index in [0.29, 0.717) is 11.7 Å². The Hall–Kier alpha value is -2.23. The molecule has 0 aromatic heterocycles. The minimum Gasteiger partial charge on any atom is -0.449 e. The number of hydrogen-bond acceptors (Lipinski definition) is 2. The van der Waals surface area contributed by atoms with Crippen LogP contribution >= 0.6 is 0 Å². The van der Waals surface area contributed by atoms with Gasteiger partial charge in [-0.3, -0.25) is 0 Å². The van der Waals surface area contributed by atoms with E-state index in [0.717, 1.165) is 18.3 Å². The first-order valence-corrected chi connectivity index (χ1v) is 9.82. The standard InChI is InChI=1S/C22H28O3.C2H5B/c1-6-15-21(2,3)16-7-9-17(10-8-16)22(4,5)18-11-13-19(14-12-18)25-20(23)24;1-2-3/h6-7,9-16H,8H2,1-5H3,(H,23,24);2H2,1H3. The van der Waals surface area contributed by atoms with E-state index < -0.39 is 6.16 Å². The molecule has 0 fully saturated rings. The third-order valence-corrected chi connectivity index (χ3v) is 5.15. The van der Waals surface area contributed by atoms with Crippen LogP contribution in [0.3, 0.4) is 0 Å². The number of rotatable bonds is 5. The molecule has 0 heterocycles. The van der Waals surface area contributed by atoms with Crippen LogP contribution in [0.5, 0.6) is 5.75 Å². The van der Waals surface area contributed by atoms with Gasteiger partial charge in [0.25, 0.3) is 0 Å². The summed E-state index contributed by atoms with van der Waals surface area (Å²) in [5, 5.41) is 8.68. The fraction of sp³-hybridized carbons (Fsp3) is 0.458. The molecule has 28 heavy (non-hydrogen) atoms. The molecule has 0 bridgehead atoms. The van der Waals surface area contributed by atoms with Crippen LogP contribution in [0.25, 0.3) is 0 Å². The number of carboxylic acid groups (broad SMARTS) is 1. The lowest BCUT2D eigenvalue weighted by atomic mass is 9.70. The summed E-state index contributed by atoms with van der Waals surface area (Å²) in [6.45, 7) is 12.9. The zero-order valence-corrected chi connectivity index (χ0v) is 18.0. The van der Waals surface area contributed by atoms with Crippen molar-refractivity contribution in [2.75, 3.05) is 0 Å². The molecule has 1 unspecified atom stereocenters. The first-order chi connectivity index (χ1) is 13.1. The van der Waals surface area contributed by atoms with Crippen molar-refractivity contribution in [2.24, 2.45) is 11.3 Å². The van der Waals surface area contributed by atoms with Gasteiger partial charge in [0, 0.05) is 5.41 Å². The van der Waals surface area contributed by atoms with Gasteiger partial charge in [-0.1, -0.05) is 83.5 Å². The van der Waals surface area contributed by atoms with Crippen molar-refractivity contribution in [1.82, 2.24) is 0 Å². The van der Waals surface area contributed by atoms with Crippen LogP contribution in [-0.2, 0) is 5.41 Å². The van der Waals surface area contributed by atoms with Crippen molar-refractivity contribution < 1.29 is 14.6 Å². The summed E-state index contributed by atoms with van der Waals surface area (Å²) in [6, 6.07) is 7.28. The lowest BCUT2D eigenvalue weighted by Crippen LogP contribution is -2.25. The second-order valence-corrected chi connectivity index (χ2v) is 8.11. The number of hydrogen-bond donors (Lipinski definition) is 1. The molecule has 3 nitrogen and oxygen atoms in total. The van der Waals surface area contributed by atoms with Gasteiger partial charge in [-0.2, -0.15) is 0 Å². The number of allylic oxidation sites excluding steroid dienone is 6. The zero-order chi connectivity index (χ0) is 21.4. The topological polar surface area (TPSA) is 46.5 Å². The highest BCUT2D eigenvalue weighted by Gasteiger charge is 2.30. The predicted octanol–water partition coefficient (Wildman–Crippen LogP) is 6.72. The van der Waals surface area contributed by atoms with Crippen LogP contribution in [-0.4, -0.2) is 19.1 Å². The molecule has 0 saturated carbocycles. The van der Waals surface area contributed by atoms with Crippen LogP contribution in [0.15, 0.2) is 60.2 Å². The molecule has 0 spiro atoms. The average Bonchev–Trinajstić information content (AvgIpc) is 2.62. The Labute approximate surface area is 171 Å². The Bertz CT molecular complexity index is 725. The quantitative estimate of drug-likeness (QED) is 0.267. The monoisotopic (exact) mass is 380 g/mol. The van der Waals surface area contributed by atoms with Gasteiger partial charge in [-0.05, 0) is 47.9 Å². The maximum Gasteiger partial charge on any atom is 0.511 e. The molecule has 0 amide bonds. The predicted molar refractivity (Wildman–Crippen MR) is 118 cm³/mol. The van der Waals surface area contributed by atoms with Crippen molar-refractivity contribution in [3.05, 3.63) is 65.8 Å². The lowest BCUT2D eigenvalue weighted by Gasteiger charge is -2.34. The van der Waals surface area contributed by atoms with Gasteiger partial charge < -0.3 is 9.84 Å². The van der Waals surface area contributed by atoms with E-state index in [-0.39, 0.29) is 10.8 Å². The summed E-state index contributed by atoms with van der Waals surface area (Å²) in [7, 11) is 4.85. The molecule has 150 valence electrons. The second-order valence-electron chi connectivity index (χ2n) is 8.11. The van der Waals surface area contributed by atoms with Crippen LogP contribution in [0.2, 0.25) is 6.32 Å². The normalized spacial score (nSPS) is 16.9. The molecule has 1 aromatic carbocycles. The van der Waals surface area contributed by atoms with E-state index in [1.54, 1.807) is 12.1 Å². The molecule has 0 aliphatic heterocycles. The molecular weight excluding hydrogens is 347 g/mol. The van der Waals surface area contributed by atoms with E-state index in [9.17, 15) is 4.79 Å². The van der Waals surface area contributed by atoms with Crippen molar-refractivity contribution in [1.29, 1.82) is 0 Å². The smallest absolute Gasteiger partial charge is 0.449 e. The van der Waals surface area contributed by atoms with E-state index in [1.807, 2.05) is 19.1 Å². The summed E-state index contributed by atoms with van der Waals surface area (Å²) in [5.41, 5.74) is 2.42. The van der Waals surface area contributed by atoms with Crippen LogP contribution in [0.1, 0.15) is 53.5 Å². The minimum absolute atomic E-state index is 0.145. The maximum atomic E-state index is 10.6. The molecular formula is C24H33BO3. The fourth-order valence-corrected chi connectivity index (χ4v) is 3.40. The molecule has 0 saturated heterocycles. The van der Waals surface area contributed by atoms with Gasteiger partial charge in [0.2, 0.25) is 0 Å². The maximum absolute atomic E-state index is 10.6. The van der Waals surface area contributed by atoms with Gasteiger partial charge in [-0.25, -0.2) is 4.79 Å². The largest absolute Gasteiger partial charge is 0.511 e. The highest BCUT2D eigenvalue weighted by Crippen LogP contribution is 2.40. The van der Waals surface area contributed by atoms with E-state index in [4.69, 9.17) is 13.0 Å². The molecule has 1 aliphatic rings. The first-order valence-electron chi connectivity index (χ1n) is 9.82. The first kappa shape index (κ1) is 23.8. The van der Waals surface area contributed by atoms with Gasteiger partial charge in [0.1, 0.15) is 5.75 Å². The Morgan fingerprint density at radius 2 is 1.82 bits per heavy atom. The summed E-state index contributed by atoms with van der Waals surface area (Å²) in [5.74, 6) is 0.836. The van der Waals surface area contributed by atoms with Crippen LogP contribution in [0.4, 0.5) is 4.79 Å². The van der Waals surface area contributed by atoms with Gasteiger partial charge in [-0.15, -0.1) is 0 Å². The Morgan fingerprint density at radius 3 is 2.25 bits per heavy atom. The van der Waals surface area contributed by atoms with E-state index in [2.05, 4.69) is 69.7 Å². The van der Waals surface area contributed by atoms with Gasteiger partial charge in [0.15, 0.2) is 0 Å². The van der Waals surface area contributed by atoms with E-state index in [1.165, 1.54) is 5.57 Å². The van der Waals surface area contributed by atoms with Crippen molar-refractivity contribution in [2.45, 2.75) is 59.7 Å². The highest BCUT2D eigenvalue weighted by molar-refractivity contribution is 6.08. The molecule has 1 aliphatic carbocycles. The van der Waals surface area contributed by atoms with Crippen LogP contribution in [0, 0.1) is 11.3 Å². The molecule has 1 N–H and O–H groups in total. The Morgan fingerprint density at radius 1 is 1.25 bits per heavy atom.